The fraction of sp³-hybridized carbons (Fsp3) is 0.167. The second kappa shape index (κ2) is 15.7. The van der Waals surface area contributed by atoms with Crippen LogP contribution in [0.2, 0.25) is 0 Å². The van der Waals surface area contributed by atoms with E-state index in [0.29, 0.717) is 0 Å². The third-order valence-corrected chi connectivity index (χ3v) is 6.38. The van der Waals surface area contributed by atoms with Crippen molar-refractivity contribution >= 4 is 0 Å². The summed E-state index contributed by atoms with van der Waals surface area (Å²) in [4.78, 5) is 25.6. The first kappa shape index (κ1) is 31.4. The van der Waals surface area contributed by atoms with E-state index in [4.69, 9.17) is 9.47 Å². The molecule has 0 aromatic carbocycles. The first-order chi connectivity index (χ1) is 21.3. The maximum atomic E-state index is 5.13. The highest BCUT2D eigenvalue weighted by Crippen LogP contribution is 2.22. The van der Waals surface area contributed by atoms with E-state index in [1.807, 2.05) is 85.5 Å². The van der Waals surface area contributed by atoms with Crippen LogP contribution < -0.4 is 9.47 Å². The standard InChI is InChI=1S/C12H12N2O2.2C12H12N2/c1-15-9-3-5-13-11(7-9)12-8-10(16-2)4-6-14-12;2*1-9-3-5-13-11(7-9)12-8-10(2)4-6-14-12/h3-8H,1-2H3;2*3-8H,1-2H3. The lowest BCUT2D eigenvalue weighted by Gasteiger charge is -2.04. The smallest absolute Gasteiger partial charge is 0.122 e. The minimum atomic E-state index is 0.759. The molecule has 222 valence electrons. The summed E-state index contributed by atoms with van der Waals surface area (Å²) >= 11 is 0. The van der Waals surface area contributed by atoms with E-state index < -0.39 is 0 Å². The molecule has 0 saturated heterocycles. The van der Waals surface area contributed by atoms with Crippen LogP contribution in [0.15, 0.2) is 110 Å². The molecule has 0 aliphatic rings. The van der Waals surface area contributed by atoms with E-state index >= 15 is 0 Å². The molecule has 6 aromatic rings. The van der Waals surface area contributed by atoms with E-state index in [-0.39, 0.29) is 0 Å². The van der Waals surface area contributed by atoms with Gasteiger partial charge in [0.15, 0.2) is 0 Å². The number of methoxy groups -OCH3 is 2. The lowest BCUT2D eigenvalue weighted by atomic mass is 10.1. The lowest BCUT2D eigenvalue weighted by Crippen LogP contribution is -1.90. The van der Waals surface area contributed by atoms with Crippen LogP contribution in [0.25, 0.3) is 34.2 Å². The van der Waals surface area contributed by atoms with E-state index in [9.17, 15) is 0 Å². The molecule has 0 N–H and O–H groups in total. The number of hydrogen-bond donors (Lipinski definition) is 0. The van der Waals surface area contributed by atoms with Crippen molar-refractivity contribution in [1.29, 1.82) is 0 Å². The molecule has 6 aromatic heterocycles. The molecule has 8 nitrogen and oxygen atoms in total. The van der Waals surface area contributed by atoms with Gasteiger partial charge in [0.2, 0.25) is 0 Å². The average Bonchev–Trinajstić information content (AvgIpc) is 3.05. The summed E-state index contributed by atoms with van der Waals surface area (Å²) in [6, 6.07) is 23.4. The second-order valence-electron chi connectivity index (χ2n) is 10.0. The molecule has 0 unspecified atom stereocenters. The first-order valence-corrected chi connectivity index (χ1v) is 14.1. The summed E-state index contributed by atoms with van der Waals surface area (Å²) in [6.07, 6.45) is 10.6. The van der Waals surface area contributed by atoms with Crippen LogP contribution in [0.5, 0.6) is 11.5 Å². The molecule has 0 aliphatic carbocycles. The molecule has 8 heteroatoms. The maximum Gasteiger partial charge on any atom is 0.122 e. The highest BCUT2D eigenvalue weighted by molar-refractivity contribution is 5.58. The van der Waals surface area contributed by atoms with Gasteiger partial charge in [-0.15, -0.1) is 0 Å². The Morgan fingerprint density at radius 2 is 0.568 bits per heavy atom. The minimum absolute atomic E-state index is 0.759. The summed E-state index contributed by atoms with van der Waals surface area (Å²) in [5.41, 5.74) is 10.1. The minimum Gasteiger partial charge on any atom is -0.497 e. The molecule has 0 bridgehead atoms. The average molecular weight is 585 g/mol. The Morgan fingerprint density at radius 1 is 0.341 bits per heavy atom. The Labute approximate surface area is 258 Å². The van der Waals surface area contributed by atoms with Gasteiger partial charge in [0.1, 0.15) is 11.5 Å². The van der Waals surface area contributed by atoms with Crippen LogP contribution in [0.4, 0.5) is 0 Å². The van der Waals surface area contributed by atoms with Crippen molar-refractivity contribution < 1.29 is 9.47 Å². The zero-order valence-corrected chi connectivity index (χ0v) is 25.9. The summed E-state index contributed by atoms with van der Waals surface area (Å²) in [7, 11) is 3.25. The quantitative estimate of drug-likeness (QED) is 0.204. The fourth-order valence-electron chi connectivity index (χ4n) is 4.06. The van der Waals surface area contributed by atoms with Gasteiger partial charge in [0.25, 0.3) is 0 Å². The Morgan fingerprint density at radius 3 is 0.795 bits per heavy atom. The highest BCUT2D eigenvalue weighted by atomic mass is 16.5. The SMILES string of the molecule is COc1ccnc(-c2cc(OC)ccn2)c1.Cc1ccnc(-c2cc(C)ccn2)c1.Cc1ccnc(-c2cc(C)ccn2)c1. The monoisotopic (exact) mass is 584 g/mol. The number of ether oxygens (including phenoxy) is 2. The largest absolute Gasteiger partial charge is 0.497 e. The summed E-state index contributed by atoms with van der Waals surface area (Å²) in [5, 5.41) is 0. The molecule has 0 spiro atoms. The number of rotatable bonds is 5. The van der Waals surface area contributed by atoms with Crippen LogP contribution in [0.3, 0.4) is 0 Å². The predicted molar refractivity (Wildman–Crippen MR) is 174 cm³/mol. The van der Waals surface area contributed by atoms with Crippen LogP contribution in [-0.2, 0) is 0 Å². The van der Waals surface area contributed by atoms with Gasteiger partial charge in [-0.1, -0.05) is 0 Å². The van der Waals surface area contributed by atoms with Gasteiger partial charge in [-0.2, -0.15) is 0 Å². The molecule has 0 atom stereocenters. The van der Waals surface area contributed by atoms with E-state index in [1.54, 1.807) is 38.7 Å². The Kier molecular flexibility index (Phi) is 11.2. The number of aryl methyl sites for hydroxylation is 4. The van der Waals surface area contributed by atoms with E-state index in [0.717, 1.165) is 45.7 Å². The van der Waals surface area contributed by atoms with Crippen molar-refractivity contribution in [3.63, 3.8) is 0 Å². The number of pyridine rings is 6. The van der Waals surface area contributed by atoms with Crippen molar-refractivity contribution in [3.05, 3.63) is 132 Å². The molecule has 0 fully saturated rings. The van der Waals surface area contributed by atoms with Gasteiger partial charge >= 0.3 is 0 Å². The summed E-state index contributed by atoms with van der Waals surface area (Å²) in [6.45, 7) is 8.23. The Balaban J connectivity index is 0.000000151. The molecule has 44 heavy (non-hydrogen) atoms. The number of aromatic nitrogens is 6. The van der Waals surface area contributed by atoms with Gasteiger partial charge in [0, 0.05) is 49.3 Å². The van der Waals surface area contributed by atoms with Crippen LogP contribution in [0.1, 0.15) is 22.3 Å². The fourth-order valence-corrected chi connectivity index (χ4v) is 4.06. The Hall–Kier alpha value is -5.50. The number of hydrogen-bond acceptors (Lipinski definition) is 8. The second-order valence-corrected chi connectivity index (χ2v) is 10.0. The third kappa shape index (κ3) is 9.25. The predicted octanol–water partition coefficient (Wildman–Crippen LogP) is 7.68. The highest BCUT2D eigenvalue weighted by Gasteiger charge is 2.04. The maximum absolute atomic E-state index is 5.13. The zero-order chi connectivity index (χ0) is 31.3. The molecular formula is C36H36N6O2. The Bertz CT molecular complexity index is 1590. The normalized spacial score (nSPS) is 10.0. The van der Waals surface area contributed by atoms with Gasteiger partial charge in [-0.3, -0.25) is 29.9 Å². The van der Waals surface area contributed by atoms with Crippen molar-refractivity contribution in [2.75, 3.05) is 14.2 Å². The van der Waals surface area contributed by atoms with Crippen LogP contribution in [-0.4, -0.2) is 44.1 Å². The summed E-state index contributed by atoms with van der Waals surface area (Å²) in [5.74, 6) is 1.52. The van der Waals surface area contributed by atoms with Crippen molar-refractivity contribution in [3.8, 4) is 45.7 Å². The molecular weight excluding hydrogens is 548 g/mol. The van der Waals surface area contributed by atoms with Crippen LogP contribution >= 0.6 is 0 Å². The zero-order valence-electron chi connectivity index (χ0n) is 25.9. The van der Waals surface area contributed by atoms with Crippen molar-refractivity contribution in [1.82, 2.24) is 29.9 Å². The molecule has 0 amide bonds. The van der Waals surface area contributed by atoms with Crippen LogP contribution in [0, 0.1) is 27.7 Å². The molecule has 0 aliphatic heterocycles. The van der Waals surface area contributed by atoms with Gasteiger partial charge < -0.3 is 9.47 Å². The molecule has 0 saturated carbocycles. The van der Waals surface area contributed by atoms with Gasteiger partial charge in [0.05, 0.1) is 48.4 Å². The first-order valence-electron chi connectivity index (χ1n) is 14.1. The summed E-state index contributed by atoms with van der Waals surface area (Å²) < 4.78 is 10.3. The number of nitrogens with zero attached hydrogens (tertiary/aromatic N) is 6. The van der Waals surface area contributed by atoms with Gasteiger partial charge in [-0.25, -0.2) is 0 Å². The van der Waals surface area contributed by atoms with Crippen molar-refractivity contribution in [2.24, 2.45) is 0 Å². The topological polar surface area (TPSA) is 95.8 Å². The van der Waals surface area contributed by atoms with Crippen molar-refractivity contribution in [2.45, 2.75) is 27.7 Å². The molecule has 0 radical (unpaired) electrons. The van der Waals surface area contributed by atoms with Gasteiger partial charge in [-0.05, 0) is 111 Å². The van der Waals surface area contributed by atoms with E-state index in [1.165, 1.54) is 22.3 Å². The molecule has 6 heterocycles. The van der Waals surface area contributed by atoms with E-state index in [2.05, 4.69) is 57.6 Å². The third-order valence-electron chi connectivity index (χ3n) is 6.38. The molecule has 6 rings (SSSR count). The lowest BCUT2D eigenvalue weighted by molar-refractivity contribution is 0.413.